The van der Waals surface area contributed by atoms with Crippen molar-refractivity contribution in [3.63, 3.8) is 0 Å². The molecule has 13 heteroatoms. The van der Waals surface area contributed by atoms with Gasteiger partial charge < -0.3 is 14.8 Å². The number of amides is 1. The lowest BCUT2D eigenvalue weighted by Crippen LogP contribution is -2.31. The first-order valence-electron chi connectivity index (χ1n) is 15.7. The summed E-state index contributed by atoms with van der Waals surface area (Å²) < 4.78 is 60.3. The molecular formula is C41H22F4N4O5. The van der Waals surface area contributed by atoms with Crippen LogP contribution in [0, 0.1) is 45.9 Å². The molecule has 0 unspecified atom stereocenters. The van der Waals surface area contributed by atoms with Crippen molar-refractivity contribution in [2.75, 3.05) is 5.32 Å². The minimum absolute atomic E-state index is 0.0361. The number of benzene rings is 6. The Kier molecular flexibility index (Phi) is 10.2. The molecule has 6 aromatic carbocycles. The number of anilines is 1. The van der Waals surface area contributed by atoms with E-state index in [9.17, 15) is 37.1 Å². The first-order valence-corrected chi connectivity index (χ1v) is 15.7. The van der Waals surface area contributed by atoms with Crippen molar-refractivity contribution in [3.05, 3.63) is 182 Å². The molecule has 0 aliphatic rings. The lowest BCUT2D eigenvalue weighted by molar-refractivity contribution is 0.102. The molecule has 0 bridgehead atoms. The number of aromatic nitrogens is 1. The second-order valence-electron chi connectivity index (χ2n) is 11.5. The fraction of sp³-hybridized carbons (Fsp3) is 0. The number of hydrogen-bond acceptors (Lipinski definition) is 7. The highest BCUT2D eigenvalue weighted by Gasteiger charge is 2.17. The van der Waals surface area contributed by atoms with Gasteiger partial charge in [0, 0.05) is 28.9 Å². The molecule has 1 amide bonds. The predicted octanol–water partition coefficient (Wildman–Crippen LogP) is 8.22. The molecule has 9 nitrogen and oxygen atoms in total. The standard InChI is InChI=1S/C21H10F2N2O3.C20H12F2N2O2/c22-14-5-6-16(18(23)10-14)13-4-7-19-17(9-13)20(26)25(21(27)28-19)15-3-1-2-12(8-15)11-24;21-14-5-6-16(18(22)10-14)13-4-7-19(25)17(9-13)20(26)24-15-3-1-2-12(8-15)11-23/h1-10H;1-10,25H,(H,24,26). The van der Waals surface area contributed by atoms with E-state index < -0.39 is 40.5 Å². The highest BCUT2D eigenvalue weighted by atomic mass is 19.1. The van der Waals surface area contributed by atoms with E-state index in [1.807, 2.05) is 12.1 Å². The molecule has 1 heterocycles. The summed E-state index contributed by atoms with van der Waals surface area (Å²) in [7, 11) is 0. The molecule has 0 atom stereocenters. The van der Waals surface area contributed by atoms with Crippen LogP contribution in [0.1, 0.15) is 21.5 Å². The molecule has 0 fully saturated rings. The Hall–Kier alpha value is -7.77. The van der Waals surface area contributed by atoms with Gasteiger partial charge in [0.15, 0.2) is 0 Å². The minimum atomic E-state index is -0.909. The largest absolute Gasteiger partial charge is 0.507 e. The fourth-order valence-electron chi connectivity index (χ4n) is 5.43. The normalized spacial score (nSPS) is 10.5. The maximum atomic E-state index is 14.1. The Labute approximate surface area is 302 Å². The number of nitrogens with one attached hydrogen (secondary N) is 1. The molecule has 0 aliphatic heterocycles. The molecule has 0 saturated heterocycles. The van der Waals surface area contributed by atoms with E-state index >= 15 is 0 Å². The molecule has 0 radical (unpaired) electrons. The minimum Gasteiger partial charge on any atom is -0.507 e. The van der Waals surface area contributed by atoms with Gasteiger partial charge in [-0.25, -0.2) is 26.9 Å². The third-order valence-electron chi connectivity index (χ3n) is 8.00. The van der Waals surface area contributed by atoms with E-state index in [0.29, 0.717) is 22.4 Å². The smallest absolute Gasteiger partial charge is 0.426 e. The first-order chi connectivity index (χ1) is 25.9. The van der Waals surface area contributed by atoms with Crippen LogP contribution in [0.25, 0.3) is 38.9 Å². The molecule has 0 spiro atoms. The van der Waals surface area contributed by atoms with Crippen molar-refractivity contribution < 1.29 is 31.9 Å². The number of carbonyl (C=O) groups excluding carboxylic acids is 1. The number of nitrogens with zero attached hydrogens (tertiary/aromatic N) is 3. The van der Waals surface area contributed by atoms with E-state index in [1.165, 1.54) is 78.9 Å². The number of aromatic hydroxyl groups is 1. The van der Waals surface area contributed by atoms with E-state index in [0.717, 1.165) is 28.8 Å². The van der Waals surface area contributed by atoms with Gasteiger partial charge in [-0.15, -0.1) is 0 Å². The highest BCUT2D eigenvalue weighted by Crippen LogP contribution is 2.29. The number of nitriles is 2. The topological polar surface area (TPSA) is 149 Å². The average Bonchev–Trinajstić information content (AvgIpc) is 3.15. The van der Waals surface area contributed by atoms with Gasteiger partial charge in [0.2, 0.25) is 0 Å². The number of hydrogen-bond donors (Lipinski definition) is 2. The van der Waals surface area contributed by atoms with Crippen LogP contribution in [0.4, 0.5) is 23.2 Å². The third-order valence-corrected chi connectivity index (χ3v) is 8.00. The Bertz CT molecular complexity index is 2820. The van der Waals surface area contributed by atoms with Crippen molar-refractivity contribution in [2.45, 2.75) is 0 Å². The van der Waals surface area contributed by atoms with E-state index in [2.05, 4.69) is 5.32 Å². The number of phenolic OH excluding ortho intramolecular Hbond substituents is 1. The zero-order chi connectivity index (χ0) is 38.5. The van der Waals surface area contributed by atoms with Crippen LogP contribution in [-0.2, 0) is 0 Å². The second-order valence-corrected chi connectivity index (χ2v) is 11.5. The highest BCUT2D eigenvalue weighted by molar-refractivity contribution is 6.07. The monoisotopic (exact) mass is 726 g/mol. The molecule has 0 aliphatic carbocycles. The van der Waals surface area contributed by atoms with Crippen molar-refractivity contribution >= 4 is 22.6 Å². The molecule has 7 rings (SSSR count). The molecule has 54 heavy (non-hydrogen) atoms. The van der Waals surface area contributed by atoms with Crippen LogP contribution in [0.2, 0.25) is 0 Å². The van der Waals surface area contributed by atoms with Crippen molar-refractivity contribution in [1.82, 2.24) is 4.57 Å². The summed E-state index contributed by atoms with van der Waals surface area (Å²) in [4.78, 5) is 37.7. The number of fused-ring (bicyclic) bond motifs is 1. The van der Waals surface area contributed by atoms with Gasteiger partial charge in [-0.05, 0) is 96.1 Å². The van der Waals surface area contributed by atoms with Gasteiger partial charge in [-0.1, -0.05) is 24.3 Å². The van der Waals surface area contributed by atoms with Crippen LogP contribution < -0.4 is 16.6 Å². The van der Waals surface area contributed by atoms with Gasteiger partial charge in [0.05, 0.1) is 39.9 Å². The predicted molar refractivity (Wildman–Crippen MR) is 191 cm³/mol. The SMILES string of the molecule is N#Cc1cccc(-n2c(=O)oc3ccc(-c4ccc(F)cc4F)cc3c2=O)c1.N#Cc1cccc(NC(=O)c2cc(-c3ccc(F)cc3F)ccc2O)c1. The Balaban J connectivity index is 0.000000185. The fourth-order valence-corrected chi connectivity index (χ4v) is 5.43. The number of rotatable bonds is 5. The van der Waals surface area contributed by atoms with Gasteiger partial charge in [0.1, 0.15) is 34.6 Å². The molecular weight excluding hydrogens is 704 g/mol. The van der Waals surface area contributed by atoms with Crippen LogP contribution >= 0.6 is 0 Å². The lowest BCUT2D eigenvalue weighted by atomic mass is 10.0. The zero-order valence-electron chi connectivity index (χ0n) is 27.5. The quantitative estimate of drug-likeness (QED) is 0.170. The average molecular weight is 727 g/mol. The zero-order valence-corrected chi connectivity index (χ0v) is 27.5. The summed E-state index contributed by atoms with van der Waals surface area (Å²) in [6.07, 6.45) is 0. The van der Waals surface area contributed by atoms with Gasteiger partial charge >= 0.3 is 5.76 Å². The molecule has 0 saturated carbocycles. The second kappa shape index (κ2) is 15.2. The summed E-state index contributed by atoms with van der Waals surface area (Å²) in [5.74, 6) is -4.80. The molecule has 264 valence electrons. The summed E-state index contributed by atoms with van der Waals surface area (Å²) >= 11 is 0. The molecule has 2 N–H and O–H groups in total. The van der Waals surface area contributed by atoms with E-state index in [1.54, 1.807) is 18.2 Å². The van der Waals surface area contributed by atoms with Crippen molar-refractivity contribution in [1.29, 1.82) is 10.5 Å². The Morgan fingerprint density at radius 2 is 1.28 bits per heavy atom. The van der Waals surface area contributed by atoms with E-state index in [-0.39, 0.29) is 44.7 Å². The summed E-state index contributed by atoms with van der Waals surface area (Å²) in [6.45, 7) is 0. The summed E-state index contributed by atoms with van der Waals surface area (Å²) in [5, 5.41) is 30.5. The lowest BCUT2D eigenvalue weighted by Gasteiger charge is -2.10. The van der Waals surface area contributed by atoms with Gasteiger partial charge in [-0.2, -0.15) is 10.5 Å². The number of phenols is 1. The van der Waals surface area contributed by atoms with Crippen LogP contribution in [0.3, 0.4) is 0 Å². The van der Waals surface area contributed by atoms with Crippen LogP contribution in [-0.4, -0.2) is 15.6 Å². The summed E-state index contributed by atoms with van der Waals surface area (Å²) in [6, 6.07) is 30.6. The van der Waals surface area contributed by atoms with Gasteiger partial charge in [-0.3, -0.25) is 9.59 Å². The first kappa shape index (κ1) is 36.0. The number of halogens is 4. The van der Waals surface area contributed by atoms with Crippen molar-refractivity contribution in [2.24, 2.45) is 0 Å². The van der Waals surface area contributed by atoms with Crippen LogP contribution in [0.5, 0.6) is 5.75 Å². The summed E-state index contributed by atoms with van der Waals surface area (Å²) in [5.41, 5.74) is 1.33. The molecule has 1 aromatic heterocycles. The number of carbonyl (C=O) groups is 1. The van der Waals surface area contributed by atoms with E-state index in [4.69, 9.17) is 14.9 Å². The van der Waals surface area contributed by atoms with Crippen molar-refractivity contribution in [3.8, 4) is 45.8 Å². The molecule has 7 aromatic rings. The van der Waals surface area contributed by atoms with Gasteiger partial charge in [0.25, 0.3) is 11.5 Å². The Morgan fingerprint density at radius 1 is 0.685 bits per heavy atom. The third kappa shape index (κ3) is 7.61. The van der Waals surface area contributed by atoms with Crippen LogP contribution in [0.15, 0.2) is 135 Å². The maximum Gasteiger partial charge on any atom is 0.426 e. The Morgan fingerprint density at radius 3 is 1.91 bits per heavy atom. The maximum absolute atomic E-state index is 14.1.